The molecular weight excluding hydrogens is 253 g/mol. The Bertz CT molecular complexity index is 417. The van der Waals surface area contributed by atoms with E-state index in [1.807, 2.05) is 0 Å². The molecule has 0 aliphatic rings. The molecule has 0 saturated carbocycles. The van der Waals surface area contributed by atoms with E-state index in [4.69, 9.17) is 9.84 Å². The second-order valence-electron chi connectivity index (χ2n) is 3.59. The molecule has 0 aromatic heterocycles. The maximum Gasteiger partial charge on any atom is 0.416 e. The summed E-state index contributed by atoms with van der Waals surface area (Å²) < 4.78 is 42.0. The molecule has 1 aromatic carbocycles. The third-order valence-electron chi connectivity index (χ3n) is 2.01. The molecule has 1 atom stereocenters. The molecule has 0 saturated heterocycles. The van der Waals surface area contributed by atoms with Gasteiger partial charge in [0.05, 0.1) is 18.1 Å². The van der Waals surface area contributed by atoms with E-state index < -0.39 is 30.2 Å². The van der Waals surface area contributed by atoms with Crippen molar-refractivity contribution >= 4 is 5.97 Å². The highest BCUT2D eigenvalue weighted by atomic mass is 19.4. The number of halogens is 3. The molecule has 0 bridgehead atoms. The fraction of sp³-hybridized carbons (Fsp3) is 0.364. The number of aliphatic carboxylic acids is 1. The fourth-order valence-electron chi connectivity index (χ4n) is 1.22. The quantitative estimate of drug-likeness (QED) is 0.852. The number of rotatable bonds is 5. The predicted octanol–water partition coefficient (Wildman–Crippen LogP) is 1.92. The highest BCUT2D eigenvalue weighted by Gasteiger charge is 2.30. The van der Waals surface area contributed by atoms with Crippen LogP contribution in [0.1, 0.15) is 12.0 Å². The molecule has 0 radical (unpaired) electrons. The van der Waals surface area contributed by atoms with Crippen LogP contribution in [-0.2, 0) is 11.0 Å². The van der Waals surface area contributed by atoms with Crippen molar-refractivity contribution in [2.45, 2.75) is 18.7 Å². The normalized spacial score (nSPS) is 13.1. The lowest BCUT2D eigenvalue weighted by molar-refractivity contribution is -0.139. The largest absolute Gasteiger partial charge is 0.491 e. The van der Waals surface area contributed by atoms with Gasteiger partial charge in [0.2, 0.25) is 0 Å². The average Bonchev–Trinajstić information content (AvgIpc) is 2.25. The van der Waals surface area contributed by atoms with Crippen molar-refractivity contribution in [3.05, 3.63) is 29.8 Å². The van der Waals surface area contributed by atoms with E-state index in [0.717, 1.165) is 12.1 Å². The summed E-state index contributed by atoms with van der Waals surface area (Å²) in [5, 5.41) is 17.5. The number of aliphatic hydroxyl groups excluding tert-OH is 1. The van der Waals surface area contributed by atoms with Gasteiger partial charge in [-0.3, -0.25) is 4.79 Å². The first kappa shape index (κ1) is 14.3. The van der Waals surface area contributed by atoms with Crippen LogP contribution in [0.4, 0.5) is 13.2 Å². The Hall–Kier alpha value is -1.76. The van der Waals surface area contributed by atoms with Crippen LogP contribution >= 0.6 is 0 Å². The van der Waals surface area contributed by atoms with Crippen LogP contribution in [0.2, 0.25) is 0 Å². The number of aliphatic hydroxyl groups is 1. The zero-order valence-corrected chi connectivity index (χ0v) is 9.15. The van der Waals surface area contributed by atoms with Gasteiger partial charge in [0.1, 0.15) is 12.4 Å². The topological polar surface area (TPSA) is 66.8 Å². The van der Waals surface area contributed by atoms with Crippen LogP contribution in [0.15, 0.2) is 24.3 Å². The minimum atomic E-state index is -4.47. The summed E-state index contributed by atoms with van der Waals surface area (Å²) in [6.45, 7) is -0.381. The Kier molecular flexibility index (Phi) is 4.55. The van der Waals surface area contributed by atoms with Crippen LogP contribution in [0.5, 0.6) is 5.75 Å². The zero-order valence-electron chi connectivity index (χ0n) is 9.15. The maximum absolute atomic E-state index is 12.4. The summed E-state index contributed by atoms with van der Waals surface area (Å²) in [6, 6.07) is 4.14. The highest BCUT2D eigenvalue weighted by Crippen LogP contribution is 2.31. The lowest BCUT2D eigenvalue weighted by Gasteiger charge is -2.12. The number of carbonyl (C=O) groups is 1. The van der Waals surface area contributed by atoms with Gasteiger partial charge in [-0.1, -0.05) is 6.07 Å². The van der Waals surface area contributed by atoms with Crippen molar-refractivity contribution < 1.29 is 32.9 Å². The number of benzene rings is 1. The van der Waals surface area contributed by atoms with E-state index in [-0.39, 0.29) is 12.4 Å². The SMILES string of the molecule is O=C(O)CC(O)COc1cccc(C(F)(F)F)c1. The molecule has 0 spiro atoms. The van der Waals surface area contributed by atoms with Crippen LogP contribution in [0.3, 0.4) is 0 Å². The number of alkyl halides is 3. The van der Waals surface area contributed by atoms with E-state index in [2.05, 4.69) is 0 Å². The molecule has 1 aromatic rings. The van der Waals surface area contributed by atoms with E-state index in [9.17, 15) is 23.1 Å². The third-order valence-corrected chi connectivity index (χ3v) is 2.01. The summed E-state index contributed by atoms with van der Waals surface area (Å²) in [5.74, 6) is -1.29. The third kappa shape index (κ3) is 4.62. The Morgan fingerprint density at radius 1 is 1.39 bits per heavy atom. The molecule has 4 nitrogen and oxygen atoms in total. The molecule has 0 aliphatic carbocycles. The van der Waals surface area contributed by atoms with Gasteiger partial charge in [-0.05, 0) is 18.2 Å². The van der Waals surface area contributed by atoms with Crippen molar-refractivity contribution in [1.29, 1.82) is 0 Å². The smallest absolute Gasteiger partial charge is 0.416 e. The van der Waals surface area contributed by atoms with Gasteiger partial charge in [0, 0.05) is 0 Å². The van der Waals surface area contributed by atoms with Gasteiger partial charge in [0.25, 0.3) is 0 Å². The number of carboxylic acids is 1. The molecule has 1 unspecified atom stereocenters. The first-order chi connectivity index (χ1) is 8.29. The fourth-order valence-corrected chi connectivity index (χ4v) is 1.22. The minimum Gasteiger partial charge on any atom is -0.491 e. The molecule has 0 amide bonds. The first-order valence-corrected chi connectivity index (χ1v) is 4.99. The minimum absolute atomic E-state index is 0.0748. The Balaban J connectivity index is 2.60. The van der Waals surface area contributed by atoms with Crippen molar-refractivity contribution in [3.63, 3.8) is 0 Å². The van der Waals surface area contributed by atoms with E-state index >= 15 is 0 Å². The van der Waals surface area contributed by atoms with Gasteiger partial charge < -0.3 is 14.9 Å². The molecule has 7 heteroatoms. The number of carboxylic acid groups (broad SMARTS) is 1. The van der Waals surface area contributed by atoms with Crippen molar-refractivity contribution in [3.8, 4) is 5.75 Å². The van der Waals surface area contributed by atoms with Crippen molar-refractivity contribution in [1.82, 2.24) is 0 Å². The predicted molar refractivity (Wildman–Crippen MR) is 55.2 cm³/mol. The van der Waals surface area contributed by atoms with Crippen molar-refractivity contribution in [2.75, 3.05) is 6.61 Å². The standard InChI is InChI=1S/C11H11F3O4/c12-11(13,14)7-2-1-3-9(4-7)18-6-8(15)5-10(16)17/h1-4,8,15H,5-6H2,(H,16,17). The molecule has 100 valence electrons. The van der Waals surface area contributed by atoms with E-state index in [1.54, 1.807) is 0 Å². The van der Waals surface area contributed by atoms with Crippen LogP contribution in [0, 0.1) is 0 Å². The summed E-state index contributed by atoms with van der Waals surface area (Å²) >= 11 is 0. The van der Waals surface area contributed by atoms with Gasteiger partial charge in [0.15, 0.2) is 0 Å². The number of hydrogen-bond acceptors (Lipinski definition) is 3. The molecular formula is C11H11F3O4. The van der Waals surface area contributed by atoms with Gasteiger partial charge in [-0.25, -0.2) is 0 Å². The molecule has 0 fully saturated rings. The summed E-state index contributed by atoms with van der Waals surface area (Å²) in [6.07, 6.45) is -6.27. The molecule has 1 rings (SSSR count). The lowest BCUT2D eigenvalue weighted by atomic mass is 10.2. The molecule has 0 heterocycles. The van der Waals surface area contributed by atoms with Gasteiger partial charge in [-0.15, -0.1) is 0 Å². The Labute approximate surface area is 101 Å². The highest BCUT2D eigenvalue weighted by molar-refractivity contribution is 5.67. The van der Waals surface area contributed by atoms with Gasteiger partial charge in [-0.2, -0.15) is 13.2 Å². The van der Waals surface area contributed by atoms with Crippen LogP contribution in [0.25, 0.3) is 0 Å². The van der Waals surface area contributed by atoms with Crippen LogP contribution in [-0.4, -0.2) is 28.9 Å². The van der Waals surface area contributed by atoms with Crippen LogP contribution < -0.4 is 4.74 Å². The lowest BCUT2D eigenvalue weighted by Crippen LogP contribution is -2.21. The monoisotopic (exact) mass is 264 g/mol. The second kappa shape index (κ2) is 5.72. The Morgan fingerprint density at radius 3 is 2.61 bits per heavy atom. The molecule has 2 N–H and O–H groups in total. The Morgan fingerprint density at radius 2 is 2.06 bits per heavy atom. The second-order valence-corrected chi connectivity index (χ2v) is 3.59. The molecule has 18 heavy (non-hydrogen) atoms. The van der Waals surface area contributed by atoms with E-state index in [0.29, 0.717) is 0 Å². The number of ether oxygens (including phenoxy) is 1. The van der Waals surface area contributed by atoms with Crippen molar-refractivity contribution in [2.24, 2.45) is 0 Å². The zero-order chi connectivity index (χ0) is 13.8. The summed E-state index contributed by atoms with van der Waals surface area (Å²) in [5.41, 5.74) is -0.868. The maximum atomic E-state index is 12.4. The van der Waals surface area contributed by atoms with E-state index in [1.165, 1.54) is 12.1 Å². The van der Waals surface area contributed by atoms with Gasteiger partial charge >= 0.3 is 12.1 Å². The average molecular weight is 264 g/mol. The number of hydrogen-bond donors (Lipinski definition) is 2. The molecule has 0 aliphatic heterocycles. The first-order valence-electron chi connectivity index (χ1n) is 4.99. The summed E-state index contributed by atoms with van der Waals surface area (Å²) in [4.78, 5) is 10.2. The summed E-state index contributed by atoms with van der Waals surface area (Å²) in [7, 11) is 0.